The van der Waals surface area contributed by atoms with Crippen molar-refractivity contribution < 1.29 is 4.39 Å². The molecule has 100 valence electrons. The predicted octanol–water partition coefficient (Wildman–Crippen LogP) is 4.61. The first kappa shape index (κ1) is 14.1. The van der Waals surface area contributed by atoms with Crippen molar-refractivity contribution in [1.29, 1.82) is 0 Å². The van der Waals surface area contributed by atoms with E-state index in [4.69, 9.17) is 5.73 Å². The van der Waals surface area contributed by atoms with Crippen molar-refractivity contribution >= 4 is 11.8 Å². The molecular formula is C16H18FNS. The highest BCUT2D eigenvalue weighted by molar-refractivity contribution is 7.99. The van der Waals surface area contributed by atoms with Crippen molar-refractivity contribution in [3.05, 3.63) is 58.9 Å². The monoisotopic (exact) mass is 275 g/mol. The Labute approximate surface area is 118 Å². The minimum Gasteiger partial charge on any atom is -0.324 e. The van der Waals surface area contributed by atoms with E-state index in [-0.39, 0.29) is 11.9 Å². The zero-order valence-electron chi connectivity index (χ0n) is 11.4. The molecule has 0 saturated heterocycles. The third-order valence-electron chi connectivity index (χ3n) is 3.03. The van der Waals surface area contributed by atoms with Crippen LogP contribution in [0.4, 0.5) is 4.39 Å². The Hall–Kier alpha value is -1.32. The van der Waals surface area contributed by atoms with Gasteiger partial charge in [-0.2, -0.15) is 0 Å². The van der Waals surface area contributed by atoms with E-state index < -0.39 is 0 Å². The molecule has 1 nitrogen and oxygen atoms in total. The van der Waals surface area contributed by atoms with Crippen LogP contribution in [-0.2, 0) is 0 Å². The highest BCUT2D eigenvalue weighted by Gasteiger charge is 2.09. The molecule has 0 radical (unpaired) electrons. The van der Waals surface area contributed by atoms with Gasteiger partial charge in [0, 0.05) is 15.8 Å². The van der Waals surface area contributed by atoms with Crippen LogP contribution in [-0.4, -0.2) is 0 Å². The second-order valence-electron chi connectivity index (χ2n) is 4.85. The minimum absolute atomic E-state index is 0.144. The summed E-state index contributed by atoms with van der Waals surface area (Å²) >= 11 is 1.45. The van der Waals surface area contributed by atoms with Gasteiger partial charge >= 0.3 is 0 Å². The van der Waals surface area contributed by atoms with E-state index >= 15 is 0 Å². The van der Waals surface area contributed by atoms with Crippen LogP contribution in [0.1, 0.15) is 29.7 Å². The van der Waals surface area contributed by atoms with Crippen LogP contribution >= 0.6 is 11.8 Å². The molecule has 0 heterocycles. The molecule has 0 aromatic heterocycles. The van der Waals surface area contributed by atoms with E-state index in [2.05, 4.69) is 13.0 Å². The number of benzene rings is 2. The Kier molecular flexibility index (Phi) is 4.27. The third-order valence-corrected chi connectivity index (χ3v) is 4.26. The molecule has 0 fully saturated rings. The van der Waals surface area contributed by atoms with Gasteiger partial charge in [-0.1, -0.05) is 35.5 Å². The Bertz CT molecular complexity index is 593. The molecule has 3 heteroatoms. The molecule has 1 atom stereocenters. The number of hydrogen-bond donors (Lipinski definition) is 1. The van der Waals surface area contributed by atoms with Crippen LogP contribution in [0.5, 0.6) is 0 Å². The molecule has 0 amide bonds. The number of halogens is 1. The first-order valence-electron chi connectivity index (χ1n) is 6.27. The smallest absolute Gasteiger partial charge is 0.137 e. The lowest BCUT2D eigenvalue weighted by atomic mass is 10.1. The summed E-state index contributed by atoms with van der Waals surface area (Å²) in [5, 5.41) is 0. The number of hydrogen-bond acceptors (Lipinski definition) is 2. The van der Waals surface area contributed by atoms with E-state index in [0.717, 1.165) is 10.5 Å². The van der Waals surface area contributed by atoms with Gasteiger partial charge in [0.15, 0.2) is 0 Å². The molecule has 2 rings (SSSR count). The van der Waals surface area contributed by atoms with Crippen LogP contribution in [0.2, 0.25) is 0 Å². The van der Waals surface area contributed by atoms with Gasteiger partial charge in [-0.25, -0.2) is 4.39 Å². The van der Waals surface area contributed by atoms with Gasteiger partial charge in [-0.05, 0) is 50.1 Å². The fourth-order valence-electron chi connectivity index (χ4n) is 1.92. The van der Waals surface area contributed by atoms with Gasteiger partial charge in [-0.3, -0.25) is 0 Å². The second-order valence-corrected chi connectivity index (χ2v) is 5.93. The van der Waals surface area contributed by atoms with Crippen molar-refractivity contribution in [2.24, 2.45) is 5.73 Å². The standard InChI is InChI=1S/C16H18FNS/c1-10-4-6-15(11(2)8-10)19-16-7-5-13(12(3)18)9-14(16)17/h4-9,12H,18H2,1-3H3. The Morgan fingerprint density at radius 1 is 1.05 bits per heavy atom. The van der Waals surface area contributed by atoms with Gasteiger partial charge < -0.3 is 5.73 Å². The summed E-state index contributed by atoms with van der Waals surface area (Å²) in [6, 6.07) is 11.3. The van der Waals surface area contributed by atoms with Crippen molar-refractivity contribution in [1.82, 2.24) is 0 Å². The lowest BCUT2D eigenvalue weighted by Gasteiger charge is -2.10. The Morgan fingerprint density at radius 3 is 2.32 bits per heavy atom. The number of rotatable bonds is 3. The highest BCUT2D eigenvalue weighted by Crippen LogP contribution is 2.33. The normalized spacial score (nSPS) is 12.5. The number of aryl methyl sites for hydroxylation is 2. The maximum Gasteiger partial charge on any atom is 0.137 e. The highest BCUT2D eigenvalue weighted by atomic mass is 32.2. The average Bonchev–Trinajstić information content (AvgIpc) is 2.34. The van der Waals surface area contributed by atoms with Crippen molar-refractivity contribution in [2.75, 3.05) is 0 Å². The molecule has 2 N–H and O–H groups in total. The summed E-state index contributed by atoms with van der Waals surface area (Å²) in [4.78, 5) is 1.72. The Morgan fingerprint density at radius 2 is 1.74 bits per heavy atom. The lowest BCUT2D eigenvalue weighted by Crippen LogP contribution is -2.05. The molecule has 0 aliphatic carbocycles. The zero-order valence-corrected chi connectivity index (χ0v) is 12.2. The maximum atomic E-state index is 14.0. The molecule has 2 aromatic carbocycles. The predicted molar refractivity (Wildman–Crippen MR) is 79.0 cm³/mol. The summed E-state index contributed by atoms with van der Waals surface area (Å²) in [6.45, 7) is 5.95. The lowest BCUT2D eigenvalue weighted by molar-refractivity contribution is 0.596. The molecular weight excluding hydrogens is 257 g/mol. The van der Waals surface area contributed by atoms with E-state index in [1.54, 1.807) is 6.07 Å². The van der Waals surface area contributed by atoms with Gasteiger partial charge in [0.25, 0.3) is 0 Å². The minimum atomic E-state index is -0.209. The van der Waals surface area contributed by atoms with Gasteiger partial charge in [-0.15, -0.1) is 0 Å². The summed E-state index contributed by atoms with van der Waals surface area (Å²) in [5.41, 5.74) is 8.96. The fourth-order valence-corrected chi connectivity index (χ4v) is 2.80. The van der Waals surface area contributed by atoms with Crippen LogP contribution in [0, 0.1) is 19.7 Å². The molecule has 0 spiro atoms. The maximum absolute atomic E-state index is 14.0. The number of nitrogens with two attached hydrogens (primary N) is 1. The SMILES string of the molecule is Cc1ccc(Sc2ccc(C(C)N)cc2F)c(C)c1. The van der Waals surface area contributed by atoms with E-state index in [0.29, 0.717) is 4.90 Å². The summed E-state index contributed by atoms with van der Waals surface area (Å²) in [5.74, 6) is -0.209. The van der Waals surface area contributed by atoms with Crippen LogP contribution in [0.25, 0.3) is 0 Å². The van der Waals surface area contributed by atoms with Crippen LogP contribution in [0.15, 0.2) is 46.2 Å². The Balaban J connectivity index is 2.28. The third kappa shape index (κ3) is 3.37. The summed E-state index contributed by atoms with van der Waals surface area (Å²) < 4.78 is 14.0. The quantitative estimate of drug-likeness (QED) is 0.885. The summed E-state index contributed by atoms with van der Waals surface area (Å²) in [6.07, 6.45) is 0. The molecule has 0 saturated carbocycles. The molecule has 19 heavy (non-hydrogen) atoms. The first-order valence-corrected chi connectivity index (χ1v) is 7.09. The van der Waals surface area contributed by atoms with Crippen molar-refractivity contribution in [3.8, 4) is 0 Å². The zero-order chi connectivity index (χ0) is 14.0. The van der Waals surface area contributed by atoms with Crippen molar-refractivity contribution in [2.45, 2.75) is 36.6 Å². The van der Waals surface area contributed by atoms with Gasteiger partial charge in [0.05, 0.1) is 0 Å². The fraction of sp³-hybridized carbons (Fsp3) is 0.250. The largest absolute Gasteiger partial charge is 0.324 e. The topological polar surface area (TPSA) is 26.0 Å². The van der Waals surface area contributed by atoms with E-state index in [1.807, 2.05) is 32.0 Å². The molecule has 0 aliphatic rings. The van der Waals surface area contributed by atoms with E-state index in [9.17, 15) is 4.39 Å². The summed E-state index contributed by atoms with van der Waals surface area (Å²) in [7, 11) is 0. The van der Waals surface area contributed by atoms with Crippen LogP contribution < -0.4 is 5.73 Å². The average molecular weight is 275 g/mol. The van der Waals surface area contributed by atoms with Crippen molar-refractivity contribution in [3.63, 3.8) is 0 Å². The molecule has 0 bridgehead atoms. The van der Waals surface area contributed by atoms with E-state index in [1.165, 1.54) is 29.0 Å². The molecule has 2 aromatic rings. The first-order chi connectivity index (χ1) is 8.97. The van der Waals surface area contributed by atoms with Gasteiger partial charge in [0.1, 0.15) is 5.82 Å². The molecule has 1 unspecified atom stereocenters. The second kappa shape index (κ2) is 5.76. The van der Waals surface area contributed by atoms with Gasteiger partial charge in [0.2, 0.25) is 0 Å². The van der Waals surface area contributed by atoms with Crippen LogP contribution in [0.3, 0.4) is 0 Å². The molecule has 0 aliphatic heterocycles.